The van der Waals surface area contributed by atoms with Gasteiger partial charge in [-0.25, -0.2) is 4.79 Å². The summed E-state index contributed by atoms with van der Waals surface area (Å²) < 4.78 is 5.28. The molecule has 0 aliphatic carbocycles. The number of nitrogens with zero attached hydrogens (tertiary/aromatic N) is 1. The van der Waals surface area contributed by atoms with Crippen molar-refractivity contribution in [2.45, 2.75) is 71.9 Å². The van der Waals surface area contributed by atoms with Crippen LogP contribution < -0.4 is 10.6 Å². The van der Waals surface area contributed by atoms with Gasteiger partial charge in [-0.15, -0.1) is 0 Å². The Labute approximate surface area is 213 Å². The highest BCUT2D eigenvalue weighted by molar-refractivity contribution is 6.30. The first-order chi connectivity index (χ1) is 16.3. The predicted molar refractivity (Wildman–Crippen MR) is 136 cm³/mol. The minimum Gasteiger partial charge on any atom is -0.458 e. The normalized spacial score (nSPS) is 18.7. The van der Waals surface area contributed by atoms with Gasteiger partial charge in [-0.3, -0.25) is 9.59 Å². The number of aliphatic hydroxyl groups is 1. The number of rotatable bonds is 9. The Balaban J connectivity index is 1.99. The van der Waals surface area contributed by atoms with Crippen LogP contribution in [-0.2, 0) is 14.3 Å². The Morgan fingerprint density at radius 3 is 2.40 bits per heavy atom. The van der Waals surface area contributed by atoms with Gasteiger partial charge in [0.05, 0.1) is 19.6 Å². The first-order valence-electron chi connectivity index (χ1n) is 12.2. The van der Waals surface area contributed by atoms with E-state index < -0.39 is 23.6 Å². The van der Waals surface area contributed by atoms with Crippen LogP contribution in [0, 0.1) is 11.3 Å². The second-order valence-electron chi connectivity index (χ2n) is 10.9. The number of hydrogen-bond donors (Lipinski definition) is 3. The van der Waals surface area contributed by atoms with Crippen molar-refractivity contribution >= 4 is 29.5 Å². The Hall–Kier alpha value is -2.32. The molecule has 2 rings (SSSR count). The molecular formula is C26H40ClN3O5. The number of amides is 3. The molecule has 1 aliphatic rings. The van der Waals surface area contributed by atoms with Crippen LogP contribution in [0.1, 0.15) is 65.9 Å². The van der Waals surface area contributed by atoms with Gasteiger partial charge >= 0.3 is 12.0 Å². The van der Waals surface area contributed by atoms with E-state index in [1.165, 1.54) is 5.56 Å². The molecule has 0 saturated carbocycles. The maximum Gasteiger partial charge on any atom is 0.315 e. The van der Waals surface area contributed by atoms with Gasteiger partial charge < -0.3 is 25.4 Å². The van der Waals surface area contributed by atoms with Crippen LogP contribution >= 0.6 is 11.6 Å². The van der Waals surface area contributed by atoms with E-state index in [0.717, 1.165) is 6.42 Å². The fourth-order valence-electron chi connectivity index (χ4n) is 4.54. The lowest BCUT2D eigenvalue weighted by molar-refractivity contribution is -0.156. The van der Waals surface area contributed by atoms with Gasteiger partial charge in [0.2, 0.25) is 5.91 Å². The summed E-state index contributed by atoms with van der Waals surface area (Å²) in [5.41, 5.74) is 0.120. The summed E-state index contributed by atoms with van der Waals surface area (Å²) in [7, 11) is 0. The molecule has 35 heavy (non-hydrogen) atoms. The van der Waals surface area contributed by atoms with E-state index >= 15 is 0 Å². The van der Waals surface area contributed by atoms with Crippen molar-refractivity contribution in [2.24, 2.45) is 11.3 Å². The second-order valence-corrected chi connectivity index (χ2v) is 11.3. The zero-order valence-corrected chi connectivity index (χ0v) is 22.4. The predicted octanol–water partition coefficient (Wildman–Crippen LogP) is 3.71. The molecule has 3 amide bonds. The van der Waals surface area contributed by atoms with Gasteiger partial charge in [0, 0.05) is 18.1 Å². The molecule has 0 radical (unpaired) electrons. The number of piperidine rings is 1. The fraction of sp³-hybridized carbons (Fsp3) is 0.654. The standard InChI is InChI=1S/C26H40ClN3O5/c1-17(2)22(29-24(34)28-15-26(5,6)35-21(32)12-14-31)23(33)30-13-11-20(25(3,4)16-30)18-7-9-19(27)10-8-18/h7-10,17,20,22,31H,11-16H2,1-6H3,(H2,28,29,34)/t20?,22-/m1/s1. The molecule has 1 unspecified atom stereocenters. The zero-order chi connectivity index (χ0) is 26.4. The second kappa shape index (κ2) is 12.1. The molecule has 0 spiro atoms. The lowest BCUT2D eigenvalue weighted by Gasteiger charge is -2.45. The summed E-state index contributed by atoms with van der Waals surface area (Å²) in [6.07, 6.45) is 0.718. The highest BCUT2D eigenvalue weighted by Crippen LogP contribution is 2.42. The number of carbonyl (C=O) groups is 3. The van der Waals surface area contributed by atoms with E-state index in [2.05, 4.69) is 36.6 Å². The average molecular weight is 510 g/mol. The van der Waals surface area contributed by atoms with Gasteiger partial charge in [-0.05, 0) is 55.2 Å². The number of nitrogens with one attached hydrogen (secondary N) is 2. The molecule has 1 aromatic carbocycles. The number of halogens is 1. The summed E-state index contributed by atoms with van der Waals surface area (Å²) in [4.78, 5) is 39.5. The topological polar surface area (TPSA) is 108 Å². The molecular weight excluding hydrogens is 470 g/mol. The smallest absolute Gasteiger partial charge is 0.315 e. The Bertz CT molecular complexity index is 885. The maximum absolute atomic E-state index is 13.4. The largest absolute Gasteiger partial charge is 0.458 e. The van der Waals surface area contributed by atoms with Crippen LogP contribution in [0.4, 0.5) is 4.79 Å². The monoisotopic (exact) mass is 509 g/mol. The number of ether oxygens (including phenoxy) is 1. The number of esters is 1. The molecule has 9 heteroatoms. The Morgan fingerprint density at radius 1 is 1.23 bits per heavy atom. The minimum atomic E-state index is -0.950. The molecule has 0 bridgehead atoms. The summed E-state index contributed by atoms with van der Waals surface area (Å²) in [6, 6.07) is 6.72. The number of carbonyl (C=O) groups excluding carboxylic acids is 3. The average Bonchev–Trinajstić information content (AvgIpc) is 2.75. The highest BCUT2D eigenvalue weighted by Gasteiger charge is 2.40. The van der Waals surface area contributed by atoms with E-state index in [0.29, 0.717) is 24.0 Å². The third-order valence-corrected chi connectivity index (χ3v) is 6.67. The summed E-state index contributed by atoms with van der Waals surface area (Å²) in [6.45, 7) is 12.4. The van der Waals surface area contributed by atoms with Crippen molar-refractivity contribution in [1.29, 1.82) is 0 Å². The Morgan fingerprint density at radius 2 is 1.86 bits per heavy atom. The van der Waals surface area contributed by atoms with E-state index in [1.807, 2.05) is 30.9 Å². The number of likely N-dealkylation sites (tertiary alicyclic amines) is 1. The van der Waals surface area contributed by atoms with E-state index in [4.69, 9.17) is 21.4 Å². The van der Waals surface area contributed by atoms with Crippen LogP contribution in [0.25, 0.3) is 0 Å². The quantitative estimate of drug-likeness (QED) is 0.440. The first kappa shape index (κ1) is 28.9. The molecule has 3 N–H and O–H groups in total. The van der Waals surface area contributed by atoms with Gasteiger partial charge in [0.25, 0.3) is 0 Å². The van der Waals surface area contributed by atoms with Gasteiger partial charge in [-0.2, -0.15) is 0 Å². The van der Waals surface area contributed by atoms with E-state index in [1.54, 1.807) is 13.8 Å². The fourth-order valence-corrected chi connectivity index (χ4v) is 4.67. The van der Waals surface area contributed by atoms with Crippen molar-refractivity contribution in [3.05, 3.63) is 34.9 Å². The molecule has 1 aliphatic heterocycles. The Kier molecular flexibility index (Phi) is 9.98. The third kappa shape index (κ3) is 8.39. The van der Waals surface area contributed by atoms with Crippen LogP contribution in [0.2, 0.25) is 5.02 Å². The highest BCUT2D eigenvalue weighted by atomic mass is 35.5. The van der Waals surface area contributed by atoms with Crippen LogP contribution in [-0.4, -0.2) is 65.8 Å². The molecule has 8 nitrogen and oxygen atoms in total. The SMILES string of the molecule is CC(C)[C@@H](NC(=O)NCC(C)(C)OC(=O)CCO)C(=O)N1CCC(c2ccc(Cl)cc2)C(C)(C)C1. The van der Waals surface area contributed by atoms with Crippen LogP contribution in [0.3, 0.4) is 0 Å². The van der Waals surface area contributed by atoms with Gasteiger partial charge in [0.1, 0.15) is 11.6 Å². The van der Waals surface area contributed by atoms with Crippen LogP contribution in [0.15, 0.2) is 24.3 Å². The first-order valence-corrected chi connectivity index (χ1v) is 12.5. The molecule has 1 heterocycles. The number of urea groups is 1. The molecule has 1 saturated heterocycles. The number of aliphatic hydroxyl groups excluding tert-OH is 1. The van der Waals surface area contributed by atoms with Crippen molar-refractivity contribution in [2.75, 3.05) is 26.2 Å². The van der Waals surface area contributed by atoms with Crippen molar-refractivity contribution in [3.63, 3.8) is 0 Å². The summed E-state index contributed by atoms with van der Waals surface area (Å²) in [5, 5.41) is 15.1. The van der Waals surface area contributed by atoms with Crippen molar-refractivity contribution in [1.82, 2.24) is 15.5 Å². The molecule has 1 fully saturated rings. The molecule has 2 atom stereocenters. The summed E-state index contributed by atoms with van der Waals surface area (Å²) in [5.74, 6) is -0.458. The van der Waals surface area contributed by atoms with Gasteiger partial charge in [0.15, 0.2) is 0 Å². The summed E-state index contributed by atoms with van der Waals surface area (Å²) >= 11 is 6.05. The van der Waals surface area contributed by atoms with E-state index in [9.17, 15) is 14.4 Å². The molecule has 1 aromatic rings. The molecule has 196 valence electrons. The van der Waals surface area contributed by atoms with Crippen molar-refractivity contribution in [3.8, 4) is 0 Å². The minimum absolute atomic E-state index is 0.0640. The third-order valence-electron chi connectivity index (χ3n) is 6.41. The van der Waals surface area contributed by atoms with Crippen LogP contribution in [0.5, 0.6) is 0 Å². The number of benzene rings is 1. The van der Waals surface area contributed by atoms with Crippen molar-refractivity contribution < 1.29 is 24.2 Å². The lowest BCUT2D eigenvalue weighted by atomic mass is 9.70. The maximum atomic E-state index is 13.4. The molecule has 0 aromatic heterocycles. The zero-order valence-electron chi connectivity index (χ0n) is 21.7. The lowest BCUT2D eigenvalue weighted by Crippen LogP contribution is -2.58. The van der Waals surface area contributed by atoms with Gasteiger partial charge in [-0.1, -0.05) is 51.4 Å². The number of hydrogen-bond acceptors (Lipinski definition) is 5. The van der Waals surface area contributed by atoms with E-state index in [-0.39, 0.29) is 36.8 Å².